The second-order valence-electron chi connectivity index (χ2n) is 6.82. The first-order valence-electron chi connectivity index (χ1n) is 9.52. The number of aromatic carboxylic acids is 1. The predicted octanol–water partition coefficient (Wildman–Crippen LogP) is 4.32. The summed E-state index contributed by atoms with van der Waals surface area (Å²) in [5.41, 5.74) is 4.56. The Morgan fingerprint density at radius 2 is 1.68 bits per heavy atom. The largest absolute Gasteiger partial charge is 0.476 e. The summed E-state index contributed by atoms with van der Waals surface area (Å²) in [5, 5.41) is 11.8. The van der Waals surface area contributed by atoms with Crippen molar-refractivity contribution >= 4 is 23.7 Å². The maximum Gasteiger partial charge on any atom is 0.407 e. The molecule has 1 aromatic heterocycles. The van der Waals surface area contributed by atoms with Crippen LogP contribution in [-0.2, 0) is 4.74 Å². The number of halogens is 1. The van der Waals surface area contributed by atoms with E-state index in [-0.39, 0.29) is 35.5 Å². The van der Waals surface area contributed by atoms with Gasteiger partial charge in [-0.25, -0.2) is 14.6 Å². The summed E-state index contributed by atoms with van der Waals surface area (Å²) >= 11 is 5.72. The van der Waals surface area contributed by atoms with E-state index in [9.17, 15) is 9.59 Å². The van der Waals surface area contributed by atoms with Gasteiger partial charge < -0.3 is 15.2 Å². The molecule has 0 spiro atoms. The summed E-state index contributed by atoms with van der Waals surface area (Å²) in [6.45, 7) is 0.204. The van der Waals surface area contributed by atoms with Gasteiger partial charge in [-0.15, -0.1) is 0 Å². The number of rotatable bonds is 4. The smallest absolute Gasteiger partial charge is 0.407 e. The molecule has 1 aliphatic carbocycles. The van der Waals surface area contributed by atoms with Gasteiger partial charge in [0, 0.05) is 5.92 Å². The van der Waals surface area contributed by atoms with Crippen molar-refractivity contribution in [1.82, 2.24) is 10.3 Å². The Hall–Kier alpha value is -3.82. The summed E-state index contributed by atoms with van der Waals surface area (Å²) in [5.74, 6) is 4.13. The number of carbonyl (C=O) groups excluding carboxylic acids is 1. The number of pyridine rings is 1. The molecule has 0 bridgehead atoms. The van der Waals surface area contributed by atoms with E-state index in [1.165, 1.54) is 12.1 Å². The predicted molar refractivity (Wildman–Crippen MR) is 116 cm³/mol. The number of benzene rings is 2. The summed E-state index contributed by atoms with van der Waals surface area (Å²) in [7, 11) is 0. The number of fused-ring (bicyclic) bond motifs is 3. The molecule has 7 heteroatoms. The second-order valence-corrected chi connectivity index (χ2v) is 7.20. The highest BCUT2D eigenvalue weighted by molar-refractivity contribution is 6.29. The van der Waals surface area contributed by atoms with Crippen LogP contribution in [0.2, 0.25) is 5.15 Å². The fraction of sp³-hybridized carbons (Fsp3) is 0.125. The van der Waals surface area contributed by atoms with E-state index in [2.05, 4.69) is 34.3 Å². The zero-order valence-electron chi connectivity index (χ0n) is 16.3. The number of carbonyl (C=O) groups is 2. The minimum absolute atomic E-state index is 0.00163. The van der Waals surface area contributed by atoms with Crippen LogP contribution in [0.3, 0.4) is 0 Å². The van der Waals surface area contributed by atoms with Gasteiger partial charge in [-0.05, 0) is 34.4 Å². The van der Waals surface area contributed by atoms with Crippen LogP contribution in [0.15, 0.2) is 60.7 Å². The molecule has 0 unspecified atom stereocenters. The van der Waals surface area contributed by atoms with Crippen molar-refractivity contribution in [2.75, 3.05) is 13.2 Å². The molecule has 0 saturated heterocycles. The van der Waals surface area contributed by atoms with E-state index in [1.807, 2.05) is 36.4 Å². The number of amides is 1. The summed E-state index contributed by atoms with van der Waals surface area (Å²) in [6.07, 6.45) is -0.594. The molecule has 6 nitrogen and oxygen atoms in total. The van der Waals surface area contributed by atoms with Crippen molar-refractivity contribution in [3.8, 4) is 23.0 Å². The van der Waals surface area contributed by atoms with Gasteiger partial charge in [-0.3, -0.25) is 0 Å². The minimum atomic E-state index is -1.23. The molecule has 3 aromatic rings. The van der Waals surface area contributed by atoms with Crippen LogP contribution in [0.5, 0.6) is 0 Å². The number of nitrogens with one attached hydrogen (secondary N) is 1. The Bertz CT molecular complexity index is 1180. The monoisotopic (exact) mass is 432 g/mol. The lowest BCUT2D eigenvalue weighted by atomic mass is 9.98. The number of aromatic nitrogens is 1. The van der Waals surface area contributed by atoms with Crippen LogP contribution in [0.1, 0.15) is 33.1 Å². The molecule has 1 amide bonds. The van der Waals surface area contributed by atoms with Gasteiger partial charge in [0.15, 0.2) is 5.69 Å². The Morgan fingerprint density at radius 3 is 2.32 bits per heavy atom. The minimum Gasteiger partial charge on any atom is -0.476 e. The summed E-state index contributed by atoms with van der Waals surface area (Å²) in [4.78, 5) is 27.1. The van der Waals surface area contributed by atoms with Crippen molar-refractivity contribution < 1.29 is 19.4 Å². The lowest BCUT2D eigenvalue weighted by Crippen LogP contribution is -2.26. The number of alkyl carbamates (subject to hydrolysis) is 1. The highest BCUT2D eigenvalue weighted by Crippen LogP contribution is 2.44. The Kier molecular flexibility index (Phi) is 5.87. The first-order valence-corrected chi connectivity index (χ1v) is 9.90. The molecule has 31 heavy (non-hydrogen) atoms. The van der Waals surface area contributed by atoms with Gasteiger partial charge in [0.05, 0.1) is 12.1 Å². The Labute approximate surface area is 183 Å². The molecule has 0 radical (unpaired) electrons. The van der Waals surface area contributed by atoms with Crippen molar-refractivity contribution in [2.24, 2.45) is 0 Å². The second kappa shape index (κ2) is 8.90. The van der Waals surface area contributed by atoms with E-state index in [4.69, 9.17) is 21.4 Å². The van der Waals surface area contributed by atoms with Crippen LogP contribution < -0.4 is 5.32 Å². The molecule has 1 aliphatic rings. The van der Waals surface area contributed by atoms with Gasteiger partial charge in [-0.2, -0.15) is 0 Å². The van der Waals surface area contributed by atoms with Gasteiger partial charge >= 0.3 is 12.1 Å². The third-order valence-corrected chi connectivity index (χ3v) is 5.16. The maximum absolute atomic E-state index is 12.1. The lowest BCUT2D eigenvalue weighted by Gasteiger charge is -2.14. The highest BCUT2D eigenvalue weighted by Gasteiger charge is 2.28. The van der Waals surface area contributed by atoms with Crippen molar-refractivity contribution in [3.05, 3.63) is 88.2 Å². The Balaban J connectivity index is 1.37. The van der Waals surface area contributed by atoms with Crippen LogP contribution >= 0.6 is 11.6 Å². The normalized spacial score (nSPS) is 11.6. The van der Waals surface area contributed by atoms with Gasteiger partial charge in [0.25, 0.3) is 0 Å². The molecule has 0 saturated carbocycles. The van der Waals surface area contributed by atoms with Gasteiger partial charge in [-0.1, -0.05) is 72.0 Å². The first kappa shape index (κ1) is 20.5. The summed E-state index contributed by atoms with van der Waals surface area (Å²) in [6, 6.07) is 19.1. The lowest BCUT2D eigenvalue weighted by molar-refractivity contribution is 0.0690. The van der Waals surface area contributed by atoms with E-state index in [0.29, 0.717) is 0 Å². The van der Waals surface area contributed by atoms with Crippen molar-refractivity contribution in [1.29, 1.82) is 0 Å². The molecule has 0 atom stereocenters. The highest BCUT2D eigenvalue weighted by atomic mass is 35.5. The molecule has 0 aliphatic heterocycles. The molecule has 2 N–H and O–H groups in total. The van der Waals surface area contributed by atoms with E-state index < -0.39 is 12.1 Å². The average Bonchev–Trinajstić information content (AvgIpc) is 3.10. The Morgan fingerprint density at radius 1 is 1.03 bits per heavy atom. The molecular formula is C24H17ClN2O4. The first-order chi connectivity index (χ1) is 15.0. The van der Waals surface area contributed by atoms with E-state index >= 15 is 0 Å². The van der Waals surface area contributed by atoms with Crippen LogP contribution in [0.4, 0.5) is 4.79 Å². The number of hydrogen-bond donors (Lipinski definition) is 2. The zero-order valence-corrected chi connectivity index (χ0v) is 17.0. The number of carboxylic acid groups (broad SMARTS) is 1. The maximum atomic E-state index is 12.1. The van der Waals surface area contributed by atoms with E-state index in [1.54, 1.807) is 0 Å². The third-order valence-electron chi connectivity index (χ3n) is 4.95. The fourth-order valence-corrected chi connectivity index (χ4v) is 3.75. The number of carboxylic acids is 1. The molecule has 154 valence electrons. The third kappa shape index (κ3) is 4.37. The topological polar surface area (TPSA) is 88.5 Å². The number of ether oxygens (including phenoxy) is 1. The molecule has 2 aromatic carbocycles. The summed E-state index contributed by atoms with van der Waals surface area (Å²) < 4.78 is 5.43. The standard InChI is InChI=1S/C24H17ClN2O4/c25-21-12-11-15(22(27-21)23(28)29)6-5-13-26-24(30)31-14-20-18-9-3-1-7-16(18)17-8-2-4-10-19(17)20/h1-4,7-12,20H,13-14H2,(H,26,30)(H,28,29). The van der Waals surface area contributed by atoms with Crippen molar-refractivity contribution in [2.45, 2.75) is 5.92 Å². The molecule has 0 fully saturated rings. The van der Waals surface area contributed by atoms with Crippen LogP contribution in [0.25, 0.3) is 11.1 Å². The van der Waals surface area contributed by atoms with Gasteiger partial charge in [0.1, 0.15) is 11.8 Å². The van der Waals surface area contributed by atoms with E-state index in [0.717, 1.165) is 22.3 Å². The zero-order chi connectivity index (χ0) is 21.8. The van der Waals surface area contributed by atoms with Crippen LogP contribution in [-0.4, -0.2) is 35.3 Å². The quantitative estimate of drug-likeness (QED) is 0.473. The fourth-order valence-electron chi connectivity index (χ4n) is 3.60. The molecular weight excluding hydrogens is 416 g/mol. The van der Waals surface area contributed by atoms with Crippen LogP contribution in [0, 0.1) is 11.8 Å². The number of nitrogens with zero attached hydrogens (tertiary/aromatic N) is 1. The SMILES string of the molecule is O=C(NCC#Cc1ccc(Cl)nc1C(=O)O)OCC1c2ccccc2-c2ccccc21. The van der Waals surface area contributed by atoms with Crippen molar-refractivity contribution in [3.63, 3.8) is 0 Å². The molecule has 4 rings (SSSR count). The molecule has 1 heterocycles. The van der Waals surface area contributed by atoms with Gasteiger partial charge in [0.2, 0.25) is 0 Å². The average molecular weight is 433 g/mol. The number of hydrogen-bond acceptors (Lipinski definition) is 4.